The van der Waals surface area contributed by atoms with Gasteiger partial charge in [-0.2, -0.15) is 0 Å². The van der Waals surface area contributed by atoms with Crippen molar-refractivity contribution in [3.8, 4) is 0 Å². The van der Waals surface area contributed by atoms with Crippen molar-refractivity contribution in [2.45, 2.75) is 40.5 Å². The van der Waals surface area contributed by atoms with E-state index < -0.39 is 0 Å². The van der Waals surface area contributed by atoms with Gasteiger partial charge in [0.1, 0.15) is 0 Å². The molecule has 90 valence electrons. The van der Waals surface area contributed by atoms with Crippen LogP contribution in [0.4, 0.5) is 0 Å². The summed E-state index contributed by atoms with van der Waals surface area (Å²) in [6.07, 6.45) is 2.84. The molecule has 15 heavy (non-hydrogen) atoms. The van der Waals surface area contributed by atoms with E-state index in [2.05, 4.69) is 48.5 Å². The van der Waals surface area contributed by atoms with Gasteiger partial charge in [0, 0.05) is 25.0 Å². The lowest BCUT2D eigenvalue weighted by molar-refractivity contribution is 0.187. The molecule has 1 aliphatic carbocycles. The highest BCUT2D eigenvalue weighted by Gasteiger charge is 2.42. The van der Waals surface area contributed by atoms with E-state index in [0.717, 1.165) is 11.8 Å². The number of rotatable bonds is 7. The monoisotopic (exact) mass is 275 g/mol. The van der Waals surface area contributed by atoms with E-state index in [1.165, 1.54) is 37.8 Å². The number of alkyl halides is 1. The molecule has 0 aromatic carbocycles. The average Bonchev–Trinajstić information content (AvgIpc) is 2.82. The van der Waals surface area contributed by atoms with Crippen LogP contribution in [0.15, 0.2) is 0 Å². The van der Waals surface area contributed by atoms with Crippen LogP contribution in [-0.4, -0.2) is 29.9 Å². The average molecular weight is 276 g/mol. The van der Waals surface area contributed by atoms with Gasteiger partial charge in [-0.05, 0) is 30.1 Å². The van der Waals surface area contributed by atoms with E-state index in [4.69, 9.17) is 0 Å². The molecule has 0 atom stereocenters. The van der Waals surface area contributed by atoms with Gasteiger partial charge in [0.2, 0.25) is 0 Å². The number of hydrogen-bond donors (Lipinski definition) is 0. The third kappa shape index (κ3) is 4.86. The predicted molar refractivity (Wildman–Crippen MR) is 71.6 cm³/mol. The van der Waals surface area contributed by atoms with E-state index in [-0.39, 0.29) is 0 Å². The molecule has 0 spiro atoms. The fourth-order valence-electron chi connectivity index (χ4n) is 2.22. The van der Waals surface area contributed by atoms with Gasteiger partial charge in [0.15, 0.2) is 0 Å². The first-order valence-corrected chi connectivity index (χ1v) is 7.38. The lowest BCUT2D eigenvalue weighted by atomic mass is 10.1. The van der Waals surface area contributed by atoms with Crippen LogP contribution in [0, 0.1) is 17.3 Å². The minimum atomic E-state index is 0.629. The molecule has 0 aliphatic heterocycles. The second-order valence-electron chi connectivity index (χ2n) is 6.12. The van der Waals surface area contributed by atoms with Crippen molar-refractivity contribution in [2.75, 3.05) is 25.0 Å². The number of hydrogen-bond acceptors (Lipinski definition) is 1. The van der Waals surface area contributed by atoms with Gasteiger partial charge in [-0.25, -0.2) is 0 Å². The van der Waals surface area contributed by atoms with Gasteiger partial charge in [-0.15, -0.1) is 0 Å². The van der Waals surface area contributed by atoms with E-state index in [1.54, 1.807) is 0 Å². The highest BCUT2D eigenvalue weighted by molar-refractivity contribution is 9.09. The highest BCUT2D eigenvalue weighted by Crippen LogP contribution is 2.47. The molecule has 1 saturated carbocycles. The molecule has 0 unspecified atom stereocenters. The van der Waals surface area contributed by atoms with E-state index in [0.29, 0.717) is 5.41 Å². The minimum absolute atomic E-state index is 0.629. The van der Waals surface area contributed by atoms with E-state index >= 15 is 0 Å². The maximum Gasteiger partial charge on any atom is 0.0100 e. The van der Waals surface area contributed by atoms with Crippen molar-refractivity contribution >= 4 is 15.9 Å². The molecule has 0 saturated heterocycles. The van der Waals surface area contributed by atoms with Gasteiger partial charge >= 0.3 is 0 Å². The van der Waals surface area contributed by atoms with Crippen LogP contribution in [0.2, 0.25) is 0 Å². The molecule has 0 heterocycles. The summed E-state index contributed by atoms with van der Waals surface area (Å²) in [6, 6.07) is 0. The predicted octanol–water partition coefficient (Wildman–Crippen LogP) is 3.78. The van der Waals surface area contributed by atoms with Crippen molar-refractivity contribution in [1.82, 2.24) is 4.90 Å². The Morgan fingerprint density at radius 1 is 1.07 bits per heavy atom. The van der Waals surface area contributed by atoms with Crippen LogP contribution >= 0.6 is 15.9 Å². The van der Waals surface area contributed by atoms with Crippen LogP contribution < -0.4 is 0 Å². The molecule has 0 N–H and O–H groups in total. The summed E-state index contributed by atoms with van der Waals surface area (Å²) in [7, 11) is 0. The zero-order valence-electron chi connectivity index (χ0n) is 10.7. The molecular formula is C13H26BrN. The second kappa shape index (κ2) is 5.67. The molecule has 1 nitrogen and oxygen atoms in total. The standard InChI is InChI=1S/C13H26BrN/c1-11(2)7-15(8-12(3)4)10-13(9-14)5-6-13/h11-12H,5-10H2,1-4H3. The molecule has 0 radical (unpaired) electrons. The van der Waals surface area contributed by atoms with Crippen LogP contribution in [0.5, 0.6) is 0 Å². The highest BCUT2D eigenvalue weighted by atomic mass is 79.9. The Morgan fingerprint density at radius 2 is 1.53 bits per heavy atom. The quantitative estimate of drug-likeness (QED) is 0.640. The summed E-state index contributed by atoms with van der Waals surface area (Å²) in [4.78, 5) is 2.67. The Bertz CT molecular complexity index is 175. The molecule has 1 rings (SSSR count). The second-order valence-corrected chi connectivity index (χ2v) is 6.68. The van der Waals surface area contributed by atoms with Crippen LogP contribution in [0.1, 0.15) is 40.5 Å². The molecule has 0 bridgehead atoms. The van der Waals surface area contributed by atoms with Gasteiger partial charge in [0.25, 0.3) is 0 Å². The number of halogens is 1. The minimum Gasteiger partial charge on any atom is -0.302 e. The van der Waals surface area contributed by atoms with Crippen molar-refractivity contribution in [2.24, 2.45) is 17.3 Å². The van der Waals surface area contributed by atoms with E-state index in [9.17, 15) is 0 Å². The Hall–Kier alpha value is 0.440. The van der Waals surface area contributed by atoms with Crippen molar-refractivity contribution in [1.29, 1.82) is 0 Å². The summed E-state index contributed by atoms with van der Waals surface area (Å²) in [5.41, 5.74) is 0.629. The summed E-state index contributed by atoms with van der Waals surface area (Å²) in [5, 5.41) is 1.19. The van der Waals surface area contributed by atoms with Crippen LogP contribution in [0.25, 0.3) is 0 Å². The maximum atomic E-state index is 3.67. The van der Waals surface area contributed by atoms with Gasteiger partial charge in [-0.3, -0.25) is 0 Å². The summed E-state index contributed by atoms with van der Waals surface area (Å²) < 4.78 is 0. The smallest absolute Gasteiger partial charge is 0.0100 e. The molecule has 0 aromatic heterocycles. The summed E-state index contributed by atoms with van der Waals surface area (Å²) in [5.74, 6) is 1.57. The molecule has 0 amide bonds. The molecule has 2 heteroatoms. The molecule has 1 aliphatic rings. The summed E-state index contributed by atoms with van der Waals surface area (Å²) in [6.45, 7) is 13.1. The lowest BCUT2D eigenvalue weighted by Crippen LogP contribution is -2.36. The van der Waals surface area contributed by atoms with Gasteiger partial charge in [0.05, 0.1) is 0 Å². The van der Waals surface area contributed by atoms with Crippen molar-refractivity contribution in [3.05, 3.63) is 0 Å². The molecular weight excluding hydrogens is 250 g/mol. The largest absolute Gasteiger partial charge is 0.302 e. The zero-order valence-corrected chi connectivity index (χ0v) is 12.3. The first-order valence-electron chi connectivity index (χ1n) is 6.26. The number of nitrogens with zero attached hydrogens (tertiary/aromatic N) is 1. The summed E-state index contributed by atoms with van der Waals surface area (Å²) >= 11 is 3.67. The SMILES string of the molecule is CC(C)CN(CC(C)C)CC1(CBr)CC1. The lowest BCUT2D eigenvalue weighted by Gasteiger charge is -2.29. The van der Waals surface area contributed by atoms with Crippen molar-refractivity contribution in [3.63, 3.8) is 0 Å². The Morgan fingerprint density at radius 3 is 1.80 bits per heavy atom. The Labute approximate surface area is 104 Å². The fourth-order valence-corrected chi connectivity index (χ4v) is 2.96. The third-order valence-corrected chi connectivity index (χ3v) is 4.24. The topological polar surface area (TPSA) is 3.24 Å². The van der Waals surface area contributed by atoms with Crippen molar-refractivity contribution < 1.29 is 0 Å². The Balaban J connectivity index is 2.41. The van der Waals surface area contributed by atoms with Crippen LogP contribution in [0.3, 0.4) is 0 Å². The fraction of sp³-hybridized carbons (Fsp3) is 1.00. The van der Waals surface area contributed by atoms with Gasteiger partial charge in [-0.1, -0.05) is 43.6 Å². The molecule has 0 aromatic rings. The normalized spacial score (nSPS) is 19.2. The van der Waals surface area contributed by atoms with Crippen LogP contribution in [-0.2, 0) is 0 Å². The first-order chi connectivity index (χ1) is 6.97. The first kappa shape index (κ1) is 13.5. The third-order valence-electron chi connectivity index (χ3n) is 3.05. The maximum absolute atomic E-state index is 3.67. The van der Waals surface area contributed by atoms with Gasteiger partial charge < -0.3 is 4.90 Å². The zero-order chi connectivity index (χ0) is 11.5. The Kier molecular flexibility index (Phi) is 5.11. The van der Waals surface area contributed by atoms with E-state index in [1.807, 2.05) is 0 Å². The molecule has 1 fully saturated rings.